The number of aromatic carboxylic acids is 1. The van der Waals surface area contributed by atoms with E-state index in [2.05, 4.69) is 5.32 Å². The molecule has 0 heterocycles. The zero-order valence-electron chi connectivity index (χ0n) is 9.78. The van der Waals surface area contributed by atoms with E-state index in [0.717, 1.165) is 6.92 Å². The minimum Gasteiger partial charge on any atom is -0.478 e. The maximum absolute atomic E-state index is 12.1. The van der Waals surface area contributed by atoms with Gasteiger partial charge in [0.1, 0.15) is 0 Å². The van der Waals surface area contributed by atoms with Crippen LogP contribution in [-0.2, 0) is 4.79 Å². The number of carbonyl (C=O) groups excluding carboxylic acids is 1. The van der Waals surface area contributed by atoms with E-state index >= 15 is 0 Å². The first kappa shape index (κ1) is 14.7. The summed E-state index contributed by atoms with van der Waals surface area (Å²) in [6.45, 7) is 0.992. The van der Waals surface area contributed by atoms with E-state index in [1.165, 1.54) is 24.3 Å². The molecule has 0 aliphatic heterocycles. The SMILES string of the molecule is CC(=CC(F)(F)F)C(=O)Nc1ccccc1C(=O)O. The number of amides is 1. The third-order valence-electron chi connectivity index (χ3n) is 2.14. The van der Waals surface area contributed by atoms with Gasteiger partial charge in [-0.15, -0.1) is 0 Å². The fourth-order valence-electron chi connectivity index (χ4n) is 1.31. The Labute approximate surface area is 106 Å². The number of anilines is 1. The van der Waals surface area contributed by atoms with Crippen LogP contribution in [0.15, 0.2) is 35.9 Å². The van der Waals surface area contributed by atoms with Gasteiger partial charge in [-0.1, -0.05) is 12.1 Å². The number of carboxylic acids is 1. The van der Waals surface area contributed by atoms with Crippen molar-refractivity contribution in [1.82, 2.24) is 0 Å². The zero-order valence-corrected chi connectivity index (χ0v) is 9.78. The van der Waals surface area contributed by atoms with Gasteiger partial charge in [0.05, 0.1) is 11.3 Å². The molecule has 7 heteroatoms. The molecular weight excluding hydrogens is 263 g/mol. The average molecular weight is 273 g/mol. The summed E-state index contributed by atoms with van der Waals surface area (Å²) in [5, 5.41) is 11.0. The van der Waals surface area contributed by atoms with Crippen LogP contribution in [0, 0.1) is 0 Å². The van der Waals surface area contributed by atoms with Gasteiger partial charge < -0.3 is 10.4 Å². The number of carbonyl (C=O) groups is 2. The molecule has 4 nitrogen and oxygen atoms in total. The highest BCUT2D eigenvalue weighted by molar-refractivity contribution is 6.07. The van der Waals surface area contributed by atoms with Gasteiger partial charge in [-0.25, -0.2) is 4.79 Å². The van der Waals surface area contributed by atoms with E-state index in [0.29, 0.717) is 0 Å². The largest absolute Gasteiger partial charge is 0.478 e. The van der Waals surface area contributed by atoms with Crippen LogP contribution in [0.4, 0.5) is 18.9 Å². The Kier molecular flexibility index (Phi) is 4.31. The Morgan fingerprint density at radius 3 is 2.37 bits per heavy atom. The molecule has 19 heavy (non-hydrogen) atoms. The monoisotopic (exact) mass is 273 g/mol. The molecule has 0 atom stereocenters. The molecule has 0 saturated heterocycles. The second-order valence-electron chi connectivity index (χ2n) is 3.67. The molecule has 0 fully saturated rings. The van der Waals surface area contributed by atoms with Crippen LogP contribution in [0.25, 0.3) is 0 Å². The van der Waals surface area contributed by atoms with Gasteiger partial charge in [0.25, 0.3) is 5.91 Å². The summed E-state index contributed by atoms with van der Waals surface area (Å²) in [6, 6.07) is 5.44. The second-order valence-corrected chi connectivity index (χ2v) is 3.67. The third kappa shape index (κ3) is 4.46. The van der Waals surface area contributed by atoms with Gasteiger partial charge >= 0.3 is 12.1 Å². The molecule has 0 radical (unpaired) electrons. The molecule has 0 aliphatic carbocycles. The number of carboxylic acid groups (broad SMARTS) is 1. The number of hydrogen-bond donors (Lipinski definition) is 2. The molecule has 1 aromatic rings. The molecule has 1 aromatic carbocycles. The van der Waals surface area contributed by atoms with Crippen molar-refractivity contribution in [3.05, 3.63) is 41.5 Å². The van der Waals surface area contributed by atoms with E-state index in [4.69, 9.17) is 5.11 Å². The number of halogens is 3. The summed E-state index contributed by atoms with van der Waals surface area (Å²) in [6.07, 6.45) is -4.75. The number of para-hydroxylation sites is 1. The number of benzene rings is 1. The van der Waals surface area contributed by atoms with Crippen LogP contribution < -0.4 is 5.32 Å². The minimum absolute atomic E-state index is 0.0603. The summed E-state index contributed by atoms with van der Waals surface area (Å²) >= 11 is 0. The van der Waals surface area contributed by atoms with Crippen molar-refractivity contribution in [2.24, 2.45) is 0 Å². The smallest absolute Gasteiger partial charge is 0.410 e. The predicted molar refractivity (Wildman–Crippen MR) is 61.8 cm³/mol. The van der Waals surface area contributed by atoms with Crippen LogP contribution in [0.2, 0.25) is 0 Å². The Balaban J connectivity index is 2.95. The lowest BCUT2D eigenvalue weighted by atomic mass is 10.1. The van der Waals surface area contributed by atoms with Crippen molar-refractivity contribution < 1.29 is 27.9 Å². The maximum Gasteiger partial charge on any atom is 0.410 e. The first-order chi connectivity index (χ1) is 8.70. The molecule has 1 rings (SSSR count). The lowest BCUT2D eigenvalue weighted by Crippen LogP contribution is -2.17. The van der Waals surface area contributed by atoms with Crippen molar-refractivity contribution >= 4 is 17.6 Å². The van der Waals surface area contributed by atoms with Gasteiger partial charge in [0, 0.05) is 11.6 Å². The molecule has 0 saturated carbocycles. The lowest BCUT2D eigenvalue weighted by Gasteiger charge is -2.09. The van der Waals surface area contributed by atoms with Crippen LogP contribution >= 0.6 is 0 Å². The number of allylic oxidation sites excluding steroid dienone is 1. The first-order valence-electron chi connectivity index (χ1n) is 5.10. The highest BCUT2D eigenvalue weighted by Crippen LogP contribution is 2.20. The van der Waals surface area contributed by atoms with Crippen LogP contribution in [0.3, 0.4) is 0 Å². The van der Waals surface area contributed by atoms with E-state index in [1.54, 1.807) is 0 Å². The molecule has 0 aliphatic rings. The predicted octanol–water partition coefficient (Wildman–Crippen LogP) is 2.83. The van der Waals surface area contributed by atoms with Crippen molar-refractivity contribution in [3.8, 4) is 0 Å². The Hall–Kier alpha value is -2.31. The average Bonchev–Trinajstić information content (AvgIpc) is 2.27. The molecule has 102 valence electrons. The number of alkyl halides is 3. The summed E-state index contributed by atoms with van der Waals surface area (Å²) in [4.78, 5) is 22.3. The normalized spacial score (nSPS) is 12.1. The highest BCUT2D eigenvalue weighted by Gasteiger charge is 2.25. The van der Waals surface area contributed by atoms with Crippen molar-refractivity contribution in [3.63, 3.8) is 0 Å². The fraction of sp³-hybridized carbons (Fsp3) is 0.167. The van der Waals surface area contributed by atoms with Crippen LogP contribution in [0.1, 0.15) is 17.3 Å². The molecule has 1 amide bonds. The maximum atomic E-state index is 12.1. The topological polar surface area (TPSA) is 66.4 Å². The van der Waals surface area contributed by atoms with Gasteiger partial charge in [-0.2, -0.15) is 13.2 Å². The Morgan fingerprint density at radius 1 is 1.26 bits per heavy atom. The third-order valence-corrected chi connectivity index (χ3v) is 2.14. The fourth-order valence-corrected chi connectivity index (χ4v) is 1.31. The molecular formula is C12H10F3NO3. The summed E-state index contributed by atoms with van der Waals surface area (Å²) in [7, 11) is 0. The van der Waals surface area contributed by atoms with Gasteiger partial charge in [0.2, 0.25) is 0 Å². The summed E-state index contributed by atoms with van der Waals surface area (Å²) in [5.74, 6) is -2.29. The zero-order chi connectivity index (χ0) is 14.6. The quantitative estimate of drug-likeness (QED) is 0.832. The van der Waals surface area contributed by atoms with Gasteiger partial charge in [-0.3, -0.25) is 4.79 Å². The molecule has 0 unspecified atom stereocenters. The van der Waals surface area contributed by atoms with E-state index in [9.17, 15) is 22.8 Å². The van der Waals surface area contributed by atoms with E-state index in [1.807, 2.05) is 0 Å². The van der Waals surface area contributed by atoms with Crippen molar-refractivity contribution in [2.75, 3.05) is 5.32 Å². The number of hydrogen-bond acceptors (Lipinski definition) is 2. The van der Waals surface area contributed by atoms with Crippen LogP contribution in [-0.4, -0.2) is 23.2 Å². The summed E-state index contributed by atoms with van der Waals surface area (Å²) < 4.78 is 36.2. The van der Waals surface area contributed by atoms with Crippen molar-refractivity contribution in [1.29, 1.82) is 0 Å². The summed E-state index contributed by atoms with van der Waals surface area (Å²) in [5.41, 5.74) is -0.821. The van der Waals surface area contributed by atoms with E-state index in [-0.39, 0.29) is 17.3 Å². The van der Waals surface area contributed by atoms with Gasteiger partial charge in [-0.05, 0) is 19.1 Å². The molecule has 0 bridgehead atoms. The standard InChI is InChI=1S/C12H10F3NO3/c1-7(6-12(13,14)15)10(17)16-9-5-3-2-4-8(9)11(18)19/h2-6H,1H3,(H,16,17)(H,18,19). The number of rotatable bonds is 3. The minimum atomic E-state index is -4.60. The van der Waals surface area contributed by atoms with Crippen LogP contribution in [0.5, 0.6) is 0 Å². The van der Waals surface area contributed by atoms with E-state index < -0.39 is 23.6 Å². The Bertz CT molecular complexity index is 535. The first-order valence-corrected chi connectivity index (χ1v) is 5.10. The molecule has 0 spiro atoms. The van der Waals surface area contributed by atoms with Crippen molar-refractivity contribution in [2.45, 2.75) is 13.1 Å². The molecule has 2 N–H and O–H groups in total. The number of nitrogens with one attached hydrogen (secondary N) is 1. The lowest BCUT2D eigenvalue weighted by molar-refractivity contribution is -0.114. The highest BCUT2D eigenvalue weighted by atomic mass is 19.4. The molecule has 0 aromatic heterocycles. The van der Waals surface area contributed by atoms with Gasteiger partial charge in [0.15, 0.2) is 0 Å². The Morgan fingerprint density at radius 2 is 1.84 bits per heavy atom. The second kappa shape index (κ2) is 5.55.